The van der Waals surface area contributed by atoms with Crippen molar-refractivity contribution in [3.8, 4) is 17.0 Å². The number of anilines is 1. The molecule has 0 aliphatic rings. The lowest BCUT2D eigenvalue weighted by Gasteiger charge is -2.12. The van der Waals surface area contributed by atoms with E-state index in [1.54, 1.807) is 13.2 Å². The molecule has 4 aromatic rings. The van der Waals surface area contributed by atoms with E-state index >= 15 is 0 Å². The smallest absolute Gasteiger partial charge is 0.302 e. The lowest BCUT2D eigenvalue weighted by atomic mass is 10.1. The molecule has 4 rings (SSSR count). The fourth-order valence-corrected chi connectivity index (χ4v) is 3.97. The van der Waals surface area contributed by atoms with Gasteiger partial charge in [-0.05, 0) is 30.7 Å². The number of hydrogen-bond acceptors (Lipinski definition) is 6. The largest absolute Gasteiger partial charge is 0.496 e. The van der Waals surface area contributed by atoms with Crippen molar-refractivity contribution in [3.05, 3.63) is 71.9 Å². The Morgan fingerprint density at radius 1 is 1.12 bits per heavy atom. The Morgan fingerprint density at radius 3 is 2.65 bits per heavy atom. The highest BCUT2D eigenvalue weighted by Crippen LogP contribution is 2.30. The molecular formula is C26H27FN4O3. The topological polar surface area (TPSA) is 78.3 Å². The maximum absolute atomic E-state index is 14.6. The van der Waals surface area contributed by atoms with E-state index in [1.165, 1.54) is 19.3 Å². The van der Waals surface area contributed by atoms with Gasteiger partial charge in [-0.2, -0.15) is 0 Å². The Morgan fingerprint density at radius 2 is 1.91 bits per heavy atom. The molecule has 0 aliphatic carbocycles. The maximum Gasteiger partial charge on any atom is 0.302 e. The molecule has 2 heterocycles. The van der Waals surface area contributed by atoms with Crippen molar-refractivity contribution >= 4 is 22.7 Å². The van der Waals surface area contributed by atoms with E-state index in [0.29, 0.717) is 43.2 Å². The van der Waals surface area contributed by atoms with Gasteiger partial charge in [-0.25, -0.2) is 14.4 Å². The molecule has 0 atom stereocenters. The van der Waals surface area contributed by atoms with Crippen LogP contribution in [0.4, 0.5) is 10.2 Å². The average Bonchev–Trinajstić information content (AvgIpc) is 3.16. The first-order valence-corrected chi connectivity index (χ1v) is 11.1. The van der Waals surface area contributed by atoms with Gasteiger partial charge in [0, 0.05) is 49.1 Å². The van der Waals surface area contributed by atoms with Gasteiger partial charge in [-0.3, -0.25) is 4.79 Å². The molecule has 2 aromatic carbocycles. The minimum atomic E-state index is -0.275. The second kappa shape index (κ2) is 10.3. The van der Waals surface area contributed by atoms with Gasteiger partial charge >= 0.3 is 5.97 Å². The molecule has 0 bridgehead atoms. The Balaban J connectivity index is 1.42. The third kappa shape index (κ3) is 5.17. The number of aromatic nitrogens is 3. The number of hydrogen-bond donors (Lipinski definition) is 1. The molecular weight excluding hydrogens is 435 g/mol. The molecule has 34 heavy (non-hydrogen) atoms. The van der Waals surface area contributed by atoms with Crippen LogP contribution in [0.1, 0.15) is 18.2 Å². The van der Waals surface area contributed by atoms with Crippen LogP contribution in [0.3, 0.4) is 0 Å². The fourth-order valence-electron chi connectivity index (χ4n) is 3.97. The summed E-state index contributed by atoms with van der Waals surface area (Å²) in [5.74, 6) is 0.798. The van der Waals surface area contributed by atoms with Crippen LogP contribution in [0, 0.1) is 12.7 Å². The van der Waals surface area contributed by atoms with Gasteiger partial charge in [-0.1, -0.05) is 24.3 Å². The summed E-state index contributed by atoms with van der Waals surface area (Å²) in [5, 5.41) is 4.07. The highest BCUT2D eigenvalue weighted by atomic mass is 19.1. The van der Waals surface area contributed by atoms with E-state index in [9.17, 15) is 9.18 Å². The van der Waals surface area contributed by atoms with Crippen molar-refractivity contribution in [2.24, 2.45) is 0 Å². The summed E-state index contributed by atoms with van der Waals surface area (Å²) in [6.45, 7) is 4.85. The van der Waals surface area contributed by atoms with Gasteiger partial charge in [0.25, 0.3) is 0 Å². The number of nitrogens with one attached hydrogen (secondary N) is 1. The normalized spacial score (nSPS) is 10.9. The summed E-state index contributed by atoms with van der Waals surface area (Å²) >= 11 is 0. The summed E-state index contributed by atoms with van der Waals surface area (Å²) in [6, 6.07) is 14.9. The van der Waals surface area contributed by atoms with Crippen LogP contribution in [-0.2, 0) is 22.5 Å². The number of carbonyl (C=O) groups is 1. The van der Waals surface area contributed by atoms with Gasteiger partial charge in [0.15, 0.2) is 0 Å². The summed E-state index contributed by atoms with van der Waals surface area (Å²) in [4.78, 5) is 19.6. The predicted molar refractivity (Wildman–Crippen MR) is 129 cm³/mol. The zero-order chi connectivity index (χ0) is 24.1. The first-order chi connectivity index (χ1) is 16.5. The number of ether oxygens (including phenoxy) is 2. The number of aryl methyl sites for hydroxylation is 1. The number of fused-ring (bicyclic) bond motifs is 1. The minimum absolute atomic E-state index is 0.274. The zero-order valence-corrected chi connectivity index (χ0v) is 19.5. The molecule has 2 aromatic heterocycles. The van der Waals surface area contributed by atoms with Crippen LogP contribution in [-0.4, -0.2) is 40.8 Å². The number of nitrogens with zero attached hydrogens (tertiary/aromatic N) is 3. The molecule has 176 valence electrons. The van der Waals surface area contributed by atoms with E-state index in [2.05, 4.69) is 15.3 Å². The van der Waals surface area contributed by atoms with Crippen LogP contribution in [0.25, 0.3) is 22.2 Å². The van der Waals surface area contributed by atoms with Crippen molar-refractivity contribution in [1.82, 2.24) is 14.5 Å². The SMILES string of the molecule is COc1ccc(F)c2c1cc(C)n2CCNc1cc(-c2ccc(CCOC(C)=O)cc2)ncn1. The molecule has 0 aliphatic heterocycles. The number of benzene rings is 2. The fraction of sp³-hybridized carbons (Fsp3) is 0.269. The lowest BCUT2D eigenvalue weighted by molar-refractivity contribution is -0.140. The molecule has 7 nitrogen and oxygen atoms in total. The average molecular weight is 463 g/mol. The molecule has 0 spiro atoms. The van der Waals surface area contributed by atoms with Crippen LogP contribution in [0.15, 0.2) is 54.9 Å². The van der Waals surface area contributed by atoms with Crippen molar-refractivity contribution in [2.75, 3.05) is 25.6 Å². The van der Waals surface area contributed by atoms with E-state index in [-0.39, 0.29) is 11.8 Å². The number of rotatable bonds is 9. The minimum Gasteiger partial charge on any atom is -0.496 e. The van der Waals surface area contributed by atoms with E-state index in [1.807, 2.05) is 47.9 Å². The first kappa shape index (κ1) is 23.2. The van der Waals surface area contributed by atoms with Crippen LogP contribution in [0.2, 0.25) is 0 Å². The van der Waals surface area contributed by atoms with Gasteiger partial charge in [0.2, 0.25) is 0 Å². The van der Waals surface area contributed by atoms with Crippen molar-refractivity contribution in [1.29, 1.82) is 0 Å². The number of methoxy groups -OCH3 is 1. The highest BCUT2D eigenvalue weighted by molar-refractivity contribution is 5.88. The van der Waals surface area contributed by atoms with Crippen molar-refractivity contribution in [2.45, 2.75) is 26.8 Å². The Labute approximate surface area is 197 Å². The maximum atomic E-state index is 14.6. The summed E-state index contributed by atoms with van der Waals surface area (Å²) in [5.41, 5.74) is 4.33. The molecule has 0 saturated carbocycles. The van der Waals surface area contributed by atoms with Gasteiger partial charge < -0.3 is 19.4 Å². The molecule has 0 fully saturated rings. The number of esters is 1. The molecule has 0 radical (unpaired) electrons. The Hall–Kier alpha value is -3.94. The first-order valence-electron chi connectivity index (χ1n) is 11.1. The van der Waals surface area contributed by atoms with Gasteiger partial charge in [0.1, 0.15) is 23.7 Å². The highest BCUT2D eigenvalue weighted by Gasteiger charge is 2.14. The Bertz CT molecular complexity index is 1300. The van der Waals surface area contributed by atoms with Crippen LogP contribution < -0.4 is 10.1 Å². The Kier molecular flexibility index (Phi) is 7.06. The van der Waals surface area contributed by atoms with Crippen molar-refractivity contribution in [3.63, 3.8) is 0 Å². The van der Waals surface area contributed by atoms with E-state index < -0.39 is 0 Å². The molecule has 0 saturated heterocycles. The summed E-state index contributed by atoms with van der Waals surface area (Å²) in [6.07, 6.45) is 2.18. The lowest BCUT2D eigenvalue weighted by Crippen LogP contribution is -2.13. The molecule has 0 unspecified atom stereocenters. The third-order valence-electron chi connectivity index (χ3n) is 5.65. The second-order valence-corrected chi connectivity index (χ2v) is 7.95. The number of carbonyl (C=O) groups excluding carboxylic acids is 1. The number of halogens is 1. The van der Waals surface area contributed by atoms with E-state index in [4.69, 9.17) is 9.47 Å². The standard InChI is InChI=1S/C26H27FN4O3/c1-17-14-21-24(33-3)9-8-22(27)26(21)31(17)12-11-28-25-15-23(29-16-30-25)20-6-4-19(5-7-20)10-13-34-18(2)32/h4-9,14-16H,10-13H2,1-3H3,(H,28,29,30). The van der Waals surface area contributed by atoms with E-state index in [0.717, 1.165) is 27.9 Å². The predicted octanol–water partition coefficient (Wildman–Crippen LogP) is 4.77. The van der Waals surface area contributed by atoms with Crippen LogP contribution >= 0.6 is 0 Å². The summed E-state index contributed by atoms with van der Waals surface area (Å²) in [7, 11) is 1.59. The van der Waals surface area contributed by atoms with Crippen molar-refractivity contribution < 1.29 is 18.7 Å². The third-order valence-corrected chi connectivity index (χ3v) is 5.65. The zero-order valence-electron chi connectivity index (χ0n) is 19.5. The van der Waals surface area contributed by atoms with Crippen LogP contribution in [0.5, 0.6) is 5.75 Å². The molecule has 8 heteroatoms. The monoisotopic (exact) mass is 462 g/mol. The second-order valence-electron chi connectivity index (χ2n) is 7.95. The van der Waals surface area contributed by atoms with Gasteiger partial charge in [-0.15, -0.1) is 0 Å². The molecule has 1 N–H and O–H groups in total. The summed E-state index contributed by atoms with van der Waals surface area (Å²) < 4.78 is 26.9. The molecule has 0 amide bonds. The quantitative estimate of drug-likeness (QED) is 0.361. The van der Waals surface area contributed by atoms with Gasteiger partial charge in [0.05, 0.1) is 24.9 Å².